The summed E-state index contributed by atoms with van der Waals surface area (Å²) < 4.78 is 0. The van der Waals surface area contributed by atoms with Crippen molar-refractivity contribution in [1.82, 2.24) is 0 Å². The normalized spacial score (nSPS) is 25.0. The Kier molecular flexibility index (Phi) is 4.87. The Morgan fingerprint density at radius 3 is 2.32 bits per heavy atom. The van der Waals surface area contributed by atoms with Gasteiger partial charge in [0.15, 0.2) is 0 Å². The van der Waals surface area contributed by atoms with Crippen LogP contribution < -0.4 is 4.90 Å². The molecule has 4 aromatic carbocycles. The van der Waals surface area contributed by atoms with Gasteiger partial charge in [0, 0.05) is 12.1 Å². The lowest BCUT2D eigenvalue weighted by Crippen LogP contribution is -2.51. The van der Waals surface area contributed by atoms with Crippen molar-refractivity contribution in [2.24, 2.45) is 16.8 Å². The standard InChI is InChI=1S/C34H28N2O2/c1-20-7-6-8-25(18-20)35-19-34-24-14-12-23(13-15-24)29(26-9-4-5-10-27(26)34)30-31(34)33(38)36(32(30)37)28-16-11-21(2)17-22(28)3/h4-19,29-31H,1-3H3/t29-,30+,31-,34+/m0/s1. The molecule has 0 unspecified atom stereocenters. The number of carbonyl (C=O) groups is 2. The predicted octanol–water partition coefficient (Wildman–Crippen LogP) is 6.57. The third-order valence-electron chi connectivity index (χ3n) is 8.70. The third kappa shape index (κ3) is 3.00. The van der Waals surface area contributed by atoms with Gasteiger partial charge in [-0.2, -0.15) is 0 Å². The Bertz CT molecular complexity index is 1670. The monoisotopic (exact) mass is 496 g/mol. The molecule has 1 fully saturated rings. The van der Waals surface area contributed by atoms with Crippen LogP contribution in [0.1, 0.15) is 44.9 Å². The number of hydrogen-bond acceptors (Lipinski definition) is 3. The molecule has 186 valence electrons. The summed E-state index contributed by atoms with van der Waals surface area (Å²) in [4.78, 5) is 35.4. The van der Waals surface area contributed by atoms with Crippen LogP contribution in [0.15, 0.2) is 96.0 Å². The second-order valence-corrected chi connectivity index (χ2v) is 11.0. The average Bonchev–Trinajstić information content (AvgIpc) is 3.15. The maximum Gasteiger partial charge on any atom is 0.239 e. The summed E-state index contributed by atoms with van der Waals surface area (Å²) >= 11 is 0. The zero-order valence-corrected chi connectivity index (χ0v) is 21.7. The summed E-state index contributed by atoms with van der Waals surface area (Å²) in [6, 6.07) is 30.8. The Balaban J connectivity index is 1.52. The number of aryl methyl sites for hydroxylation is 3. The molecule has 4 aromatic rings. The largest absolute Gasteiger partial charge is 0.274 e. The van der Waals surface area contributed by atoms with Gasteiger partial charge in [0.2, 0.25) is 11.8 Å². The van der Waals surface area contributed by atoms with Gasteiger partial charge in [0.05, 0.1) is 28.6 Å². The molecular formula is C34H28N2O2. The molecule has 0 spiro atoms. The van der Waals surface area contributed by atoms with E-state index in [-0.39, 0.29) is 17.7 Å². The minimum atomic E-state index is -0.874. The van der Waals surface area contributed by atoms with E-state index < -0.39 is 17.3 Å². The summed E-state index contributed by atoms with van der Waals surface area (Å²) in [6.07, 6.45) is 1.95. The second-order valence-electron chi connectivity index (χ2n) is 11.0. The van der Waals surface area contributed by atoms with E-state index in [1.807, 2.05) is 81.6 Å². The van der Waals surface area contributed by atoms with E-state index in [0.717, 1.165) is 44.6 Å². The van der Waals surface area contributed by atoms with Crippen LogP contribution in [0.5, 0.6) is 0 Å². The van der Waals surface area contributed by atoms with Crippen LogP contribution in [0.3, 0.4) is 0 Å². The number of rotatable bonds is 3. The first-order chi connectivity index (χ1) is 18.4. The van der Waals surface area contributed by atoms with Crippen LogP contribution in [0.4, 0.5) is 11.4 Å². The molecule has 2 amide bonds. The van der Waals surface area contributed by atoms with Gasteiger partial charge in [0.25, 0.3) is 0 Å². The molecule has 38 heavy (non-hydrogen) atoms. The maximum atomic E-state index is 14.6. The molecule has 0 radical (unpaired) electrons. The van der Waals surface area contributed by atoms with Gasteiger partial charge in [-0.3, -0.25) is 14.6 Å². The molecule has 5 aliphatic carbocycles. The van der Waals surface area contributed by atoms with Gasteiger partial charge in [-0.1, -0.05) is 78.4 Å². The first-order valence-corrected chi connectivity index (χ1v) is 13.2. The molecular weight excluding hydrogens is 468 g/mol. The van der Waals surface area contributed by atoms with Gasteiger partial charge in [0.1, 0.15) is 0 Å². The summed E-state index contributed by atoms with van der Waals surface area (Å²) in [7, 11) is 0. The lowest BCUT2D eigenvalue weighted by atomic mass is 9.52. The van der Waals surface area contributed by atoms with Gasteiger partial charge in [-0.15, -0.1) is 0 Å². The number of benzene rings is 4. The smallest absolute Gasteiger partial charge is 0.239 e. The highest BCUT2D eigenvalue weighted by atomic mass is 16.2. The van der Waals surface area contributed by atoms with Crippen LogP contribution in [-0.4, -0.2) is 18.0 Å². The molecule has 4 heteroatoms. The number of nitrogens with zero attached hydrogens (tertiary/aromatic N) is 2. The van der Waals surface area contributed by atoms with E-state index >= 15 is 0 Å². The SMILES string of the molecule is Cc1cccc(N=C[C@@]23c4ccc(cc4)[C@@H](c4ccccc42)[C@H]2C(=O)N(c4ccc(C)cc4C)C(=O)[C@H]23)c1. The van der Waals surface area contributed by atoms with E-state index in [4.69, 9.17) is 4.99 Å². The van der Waals surface area contributed by atoms with E-state index in [1.54, 1.807) is 0 Å². The highest BCUT2D eigenvalue weighted by Crippen LogP contribution is 2.60. The van der Waals surface area contributed by atoms with Gasteiger partial charge < -0.3 is 0 Å². The molecule has 4 nitrogen and oxygen atoms in total. The van der Waals surface area contributed by atoms with Gasteiger partial charge >= 0.3 is 0 Å². The molecule has 6 aliphatic rings. The Hall–Kier alpha value is -4.31. The highest BCUT2D eigenvalue weighted by molar-refractivity contribution is 6.25. The molecule has 1 saturated heterocycles. The number of anilines is 1. The van der Waals surface area contributed by atoms with Gasteiger partial charge in [-0.25, -0.2) is 4.90 Å². The molecule has 0 saturated carbocycles. The van der Waals surface area contributed by atoms with Crippen molar-refractivity contribution in [1.29, 1.82) is 0 Å². The van der Waals surface area contributed by atoms with Crippen molar-refractivity contribution in [3.63, 3.8) is 0 Å². The summed E-state index contributed by atoms with van der Waals surface area (Å²) in [6.45, 7) is 6.04. The van der Waals surface area contributed by atoms with Crippen LogP contribution in [0, 0.1) is 32.6 Å². The summed E-state index contributed by atoms with van der Waals surface area (Å²) in [5.41, 5.74) is 8.00. The lowest BCUT2D eigenvalue weighted by Gasteiger charge is -2.48. The van der Waals surface area contributed by atoms with Crippen molar-refractivity contribution < 1.29 is 9.59 Å². The average molecular weight is 497 g/mol. The topological polar surface area (TPSA) is 49.7 Å². The molecule has 4 bridgehead atoms. The Morgan fingerprint density at radius 2 is 1.55 bits per heavy atom. The Labute approximate surface area is 222 Å². The summed E-state index contributed by atoms with van der Waals surface area (Å²) in [5.74, 6) is -1.57. The van der Waals surface area contributed by atoms with Gasteiger partial charge in [-0.05, 0) is 72.4 Å². The zero-order valence-electron chi connectivity index (χ0n) is 21.7. The first kappa shape index (κ1) is 22.9. The number of aliphatic imine (C=N–C) groups is 1. The fraction of sp³-hybridized carbons (Fsp3) is 0.206. The summed E-state index contributed by atoms with van der Waals surface area (Å²) in [5, 5.41) is 0. The third-order valence-corrected chi connectivity index (χ3v) is 8.70. The minimum absolute atomic E-state index is 0.123. The minimum Gasteiger partial charge on any atom is -0.274 e. The molecule has 0 aromatic heterocycles. The van der Waals surface area contributed by atoms with E-state index in [0.29, 0.717) is 5.69 Å². The van der Waals surface area contributed by atoms with Crippen molar-refractivity contribution in [3.05, 3.63) is 130 Å². The molecule has 1 heterocycles. The molecule has 4 atom stereocenters. The molecule has 10 rings (SSSR count). The van der Waals surface area contributed by atoms with Crippen LogP contribution in [0.25, 0.3) is 0 Å². The van der Waals surface area contributed by atoms with E-state index in [1.165, 1.54) is 4.90 Å². The highest BCUT2D eigenvalue weighted by Gasteiger charge is 2.65. The molecule has 0 N–H and O–H groups in total. The fourth-order valence-corrected chi connectivity index (χ4v) is 7.10. The van der Waals surface area contributed by atoms with E-state index in [9.17, 15) is 9.59 Å². The van der Waals surface area contributed by atoms with Crippen molar-refractivity contribution in [3.8, 4) is 0 Å². The van der Waals surface area contributed by atoms with Crippen LogP contribution in [0.2, 0.25) is 0 Å². The van der Waals surface area contributed by atoms with Crippen LogP contribution >= 0.6 is 0 Å². The molecule has 1 aliphatic heterocycles. The Morgan fingerprint density at radius 1 is 0.789 bits per heavy atom. The first-order valence-electron chi connectivity index (χ1n) is 13.2. The maximum absolute atomic E-state index is 14.6. The van der Waals surface area contributed by atoms with Crippen LogP contribution in [-0.2, 0) is 15.0 Å². The van der Waals surface area contributed by atoms with Crippen molar-refractivity contribution in [2.45, 2.75) is 32.1 Å². The lowest BCUT2D eigenvalue weighted by molar-refractivity contribution is -0.122. The van der Waals surface area contributed by atoms with Crippen molar-refractivity contribution in [2.75, 3.05) is 4.90 Å². The number of imide groups is 1. The van der Waals surface area contributed by atoms with Crippen molar-refractivity contribution >= 4 is 29.4 Å². The quantitative estimate of drug-likeness (QED) is 0.238. The second kappa shape index (κ2) is 8.09. The number of hydrogen-bond donors (Lipinski definition) is 0. The predicted molar refractivity (Wildman–Crippen MR) is 150 cm³/mol. The van der Waals surface area contributed by atoms with E-state index in [2.05, 4.69) is 36.4 Å². The number of amides is 2. The zero-order chi connectivity index (χ0) is 26.2. The number of carbonyl (C=O) groups excluding carboxylic acids is 2. The fourth-order valence-electron chi connectivity index (χ4n) is 7.10.